The number of sulfonamides is 1. The van der Waals surface area contributed by atoms with Gasteiger partial charge in [0.25, 0.3) is 0 Å². The molecule has 0 aliphatic carbocycles. The molecule has 0 saturated carbocycles. The van der Waals surface area contributed by atoms with Crippen LogP contribution in [0.1, 0.15) is 11.1 Å². The Morgan fingerprint density at radius 3 is 2.37 bits per heavy atom. The molecule has 1 aromatic carbocycles. The van der Waals surface area contributed by atoms with Crippen LogP contribution in [0.25, 0.3) is 0 Å². The van der Waals surface area contributed by atoms with E-state index in [-0.39, 0.29) is 31.3 Å². The van der Waals surface area contributed by atoms with Crippen LogP contribution >= 0.6 is 0 Å². The number of halogens is 1. The number of aliphatic hydroxyl groups excluding tert-OH is 1. The van der Waals surface area contributed by atoms with Gasteiger partial charge in [-0.05, 0) is 37.1 Å². The first-order chi connectivity index (χ1) is 8.88. The third kappa shape index (κ3) is 4.54. The molecule has 0 radical (unpaired) electrons. The number of aliphatic hydroxyl groups is 1. The average molecular weight is 291 g/mol. The van der Waals surface area contributed by atoms with Crippen LogP contribution in [-0.2, 0) is 14.8 Å². The predicted molar refractivity (Wildman–Crippen MR) is 69.0 cm³/mol. The van der Waals surface area contributed by atoms with E-state index in [2.05, 4.69) is 4.72 Å². The Balaban J connectivity index is 2.78. The lowest BCUT2D eigenvalue weighted by molar-refractivity contribution is 0.0961. The van der Waals surface area contributed by atoms with Gasteiger partial charge in [-0.15, -0.1) is 0 Å². The molecule has 1 aromatic rings. The van der Waals surface area contributed by atoms with Gasteiger partial charge in [-0.1, -0.05) is 0 Å². The van der Waals surface area contributed by atoms with Crippen molar-refractivity contribution in [2.24, 2.45) is 0 Å². The topological polar surface area (TPSA) is 75.6 Å². The molecule has 0 aromatic heterocycles. The summed E-state index contributed by atoms with van der Waals surface area (Å²) in [6, 6.07) is 2.37. The van der Waals surface area contributed by atoms with E-state index in [1.807, 2.05) is 0 Å². The summed E-state index contributed by atoms with van der Waals surface area (Å²) in [5.74, 6) is -0.458. The van der Waals surface area contributed by atoms with E-state index < -0.39 is 15.8 Å². The highest BCUT2D eigenvalue weighted by molar-refractivity contribution is 7.89. The summed E-state index contributed by atoms with van der Waals surface area (Å²) >= 11 is 0. The smallest absolute Gasteiger partial charge is 0.241 e. The summed E-state index contributed by atoms with van der Waals surface area (Å²) in [6.45, 7) is 3.41. The molecule has 2 N–H and O–H groups in total. The zero-order chi connectivity index (χ0) is 14.5. The molecule has 5 nitrogen and oxygen atoms in total. The zero-order valence-electron chi connectivity index (χ0n) is 10.9. The zero-order valence-corrected chi connectivity index (χ0v) is 11.8. The molecule has 0 unspecified atom stereocenters. The number of hydrogen-bond donors (Lipinski definition) is 2. The monoisotopic (exact) mass is 291 g/mol. The predicted octanol–water partition coefficient (Wildman–Crippen LogP) is 0.730. The van der Waals surface area contributed by atoms with Crippen LogP contribution in [-0.4, -0.2) is 39.9 Å². The molecule has 1 rings (SSSR count). The number of benzene rings is 1. The highest BCUT2D eigenvalue weighted by Gasteiger charge is 2.19. The molecule has 0 aliphatic rings. The van der Waals surface area contributed by atoms with Gasteiger partial charge in [-0.25, -0.2) is 17.5 Å². The number of nitrogens with one attached hydrogen (secondary N) is 1. The quantitative estimate of drug-likeness (QED) is 0.726. The number of rotatable bonds is 7. The van der Waals surface area contributed by atoms with Crippen molar-refractivity contribution in [1.29, 1.82) is 0 Å². The van der Waals surface area contributed by atoms with Gasteiger partial charge in [0.05, 0.1) is 24.7 Å². The van der Waals surface area contributed by atoms with Crippen LogP contribution in [0.5, 0.6) is 0 Å². The van der Waals surface area contributed by atoms with Crippen LogP contribution in [0.3, 0.4) is 0 Å². The van der Waals surface area contributed by atoms with Crippen molar-refractivity contribution in [2.45, 2.75) is 18.7 Å². The summed E-state index contributed by atoms with van der Waals surface area (Å²) in [6.07, 6.45) is 0. The highest BCUT2D eigenvalue weighted by Crippen LogP contribution is 2.20. The molecule has 0 fully saturated rings. The third-order valence-corrected chi connectivity index (χ3v) is 4.23. The van der Waals surface area contributed by atoms with Gasteiger partial charge in [-0.3, -0.25) is 0 Å². The van der Waals surface area contributed by atoms with Crippen LogP contribution < -0.4 is 4.72 Å². The van der Waals surface area contributed by atoms with Crippen LogP contribution in [0.4, 0.5) is 4.39 Å². The van der Waals surface area contributed by atoms with E-state index in [0.29, 0.717) is 11.1 Å². The summed E-state index contributed by atoms with van der Waals surface area (Å²) < 4.78 is 44.6. The maximum Gasteiger partial charge on any atom is 0.241 e. The van der Waals surface area contributed by atoms with E-state index in [0.717, 1.165) is 0 Å². The minimum absolute atomic E-state index is 0.0936. The van der Waals surface area contributed by atoms with E-state index in [9.17, 15) is 12.8 Å². The third-order valence-electron chi connectivity index (χ3n) is 2.47. The van der Waals surface area contributed by atoms with Crippen LogP contribution in [0.15, 0.2) is 17.0 Å². The van der Waals surface area contributed by atoms with E-state index in [4.69, 9.17) is 9.84 Å². The van der Waals surface area contributed by atoms with Gasteiger partial charge >= 0.3 is 0 Å². The van der Waals surface area contributed by atoms with Gasteiger partial charge in [-0.2, -0.15) is 0 Å². The molecule has 0 spiro atoms. The lowest BCUT2D eigenvalue weighted by atomic mass is 10.1. The molecular formula is C12H18FNO4S. The van der Waals surface area contributed by atoms with Gasteiger partial charge in [0.2, 0.25) is 10.0 Å². The minimum Gasteiger partial charge on any atom is -0.394 e. The van der Waals surface area contributed by atoms with Crippen molar-refractivity contribution in [1.82, 2.24) is 4.72 Å². The second kappa shape index (κ2) is 6.95. The molecule has 0 atom stereocenters. The van der Waals surface area contributed by atoms with E-state index in [1.54, 1.807) is 13.8 Å². The molecule has 0 amide bonds. The van der Waals surface area contributed by atoms with E-state index >= 15 is 0 Å². The van der Waals surface area contributed by atoms with Gasteiger partial charge in [0, 0.05) is 6.54 Å². The first-order valence-corrected chi connectivity index (χ1v) is 7.32. The molecule has 19 heavy (non-hydrogen) atoms. The van der Waals surface area contributed by atoms with Crippen molar-refractivity contribution >= 4 is 10.0 Å². The lowest BCUT2D eigenvalue weighted by Gasteiger charge is -2.12. The van der Waals surface area contributed by atoms with Gasteiger partial charge < -0.3 is 9.84 Å². The highest BCUT2D eigenvalue weighted by atomic mass is 32.2. The SMILES string of the molecule is Cc1cc(F)cc(C)c1S(=O)(=O)NCCOCCO. The van der Waals surface area contributed by atoms with E-state index in [1.165, 1.54) is 12.1 Å². The lowest BCUT2D eigenvalue weighted by Crippen LogP contribution is -2.29. The second-order valence-electron chi connectivity index (χ2n) is 4.10. The molecular weight excluding hydrogens is 273 g/mol. The molecule has 0 bridgehead atoms. The molecule has 0 saturated heterocycles. The standard InChI is InChI=1S/C12H18FNO4S/c1-9-7-11(13)8-10(2)12(9)19(16,17)14-3-5-18-6-4-15/h7-8,14-15H,3-6H2,1-2H3. The number of ether oxygens (including phenoxy) is 1. The molecule has 108 valence electrons. The summed E-state index contributed by atoms with van der Waals surface area (Å²) in [5.41, 5.74) is 0.725. The molecule has 7 heteroatoms. The minimum atomic E-state index is -3.68. The summed E-state index contributed by atoms with van der Waals surface area (Å²) in [5, 5.41) is 8.50. The second-order valence-corrected chi connectivity index (χ2v) is 5.81. The average Bonchev–Trinajstić information content (AvgIpc) is 2.26. The fraction of sp³-hybridized carbons (Fsp3) is 0.500. The maximum absolute atomic E-state index is 13.1. The first-order valence-electron chi connectivity index (χ1n) is 5.83. The Morgan fingerprint density at radius 2 is 1.84 bits per heavy atom. The Morgan fingerprint density at radius 1 is 1.26 bits per heavy atom. The molecule has 0 aliphatic heterocycles. The fourth-order valence-corrected chi connectivity index (χ4v) is 3.27. The van der Waals surface area contributed by atoms with Crippen LogP contribution in [0, 0.1) is 19.7 Å². The Labute approximate surface area is 112 Å². The van der Waals surface area contributed by atoms with Gasteiger partial charge in [0.15, 0.2) is 0 Å². The van der Waals surface area contributed by atoms with Crippen molar-refractivity contribution in [3.8, 4) is 0 Å². The number of aryl methyl sites for hydroxylation is 2. The van der Waals surface area contributed by atoms with Crippen LogP contribution in [0.2, 0.25) is 0 Å². The molecule has 0 heterocycles. The largest absolute Gasteiger partial charge is 0.394 e. The summed E-state index contributed by atoms with van der Waals surface area (Å²) in [7, 11) is -3.68. The Bertz CT molecular complexity index is 508. The maximum atomic E-state index is 13.1. The van der Waals surface area contributed by atoms with Gasteiger partial charge in [0.1, 0.15) is 5.82 Å². The first kappa shape index (κ1) is 16.0. The summed E-state index contributed by atoms with van der Waals surface area (Å²) in [4.78, 5) is 0.0936. The van der Waals surface area contributed by atoms with Crippen molar-refractivity contribution < 1.29 is 22.7 Å². The Hall–Kier alpha value is -1.02. The van der Waals surface area contributed by atoms with Crippen molar-refractivity contribution in [3.05, 3.63) is 29.1 Å². The number of hydrogen-bond acceptors (Lipinski definition) is 4. The fourth-order valence-electron chi connectivity index (χ4n) is 1.81. The van der Waals surface area contributed by atoms with Crippen molar-refractivity contribution in [2.75, 3.05) is 26.4 Å². The van der Waals surface area contributed by atoms with Crippen molar-refractivity contribution in [3.63, 3.8) is 0 Å². The normalized spacial score (nSPS) is 11.8. The Kier molecular flexibility index (Phi) is 5.86.